The van der Waals surface area contributed by atoms with Crippen molar-refractivity contribution in [3.05, 3.63) is 202 Å². The fraction of sp³-hybridized carbons (Fsp3) is 0.360. The molecule has 0 radical (unpaired) electrons. The van der Waals surface area contributed by atoms with Gasteiger partial charge in [0, 0.05) is 56.5 Å². The van der Waals surface area contributed by atoms with E-state index in [4.69, 9.17) is 0 Å². The monoisotopic (exact) mass is 1040 g/mol. The summed E-state index contributed by atoms with van der Waals surface area (Å²) >= 11 is 0. The van der Waals surface area contributed by atoms with Crippen molar-refractivity contribution in [1.29, 1.82) is 0 Å². The molecule has 8 aromatic carbocycles. The lowest BCUT2D eigenvalue weighted by atomic mass is 9.33. The summed E-state index contributed by atoms with van der Waals surface area (Å²) < 4.78 is 0. The van der Waals surface area contributed by atoms with Gasteiger partial charge >= 0.3 is 0 Å². The number of hydrogen-bond acceptors (Lipinski definition) is 3. The van der Waals surface area contributed by atoms with E-state index in [1.165, 1.54) is 106 Å². The van der Waals surface area contributed by atoms with Gasteiger partial charge in [0.2, 0.25) is 0 Å². The summed E-state index contributed by atoms with van der Waals surface area (Å²) in [7, 11) is 0. The summed E-state index contributed by atoms with van der Waals surface area (Å²) in [6.07, 6.45) is 0. The van der Waals surface area contributed by atoms with Crippen molar-refractivity contribution in [2.24, 2.45) is 0 Å². The van der Waals surface area contributed by atoms with Crippen molar-refractivity contribution < 1.29 is 0 Å². The second kappa shape index (κ2) is 18.1. The standard InChI is InChI=1S/C75H86BN3/c1-69(2,3)47-25-33-53(34-26-47)77(54-35-27-48(28-36-54)70(4,5)6)56-45-59-67(57-23-21-22-24-58(57)75(59,19)20)64(46-56)79-63-40-32-51(73(13,14)15)42-61(63)76-60-41-50(72(10,11)12)31-39-62(60)78(55-37-29-49(30-38-55)71(7,8)9)65-43-52(74(16,17)18)44-66(79)68(65)76/h21-46H,1-20H3. The normalized spacial score (nSPS) is 14.9. The van der Waals surface area contributed by atoms with Gasteiger partial charge < -0.3 is 14.7 Å². The molecule has 4 heteroatoms. The van der Waals surface area contributed by atoms with E-state index >= 15 is 0 Å². The Morgan fingerprint density at radius 3 is 1.20 bits per heavy atom. The lowest BCUT2D eigenvalue weighted by Gasteiger charge is -2.46. The van der Waals surface area contributed by atoms with Crippen LogP contribution in [0, 0.1) is 0 Å². The molecule has 0 saturated carbocycles. The lowest BCUT2D eigenvalue weighted by Crippen LogP contribution is -2.62. The second-order valence-corrected chi connectivity index (χ2v) is 30.1. The Kier molecular flexibility index (Phi) is 12.4. The van der Waals surface area contributed by atoms with Crippen molar-refractivity contribution >= 4 is 74.3 Å². The lowest BCUT2D eigenvalue weighted by molar-refractivity contribution is 0.589. The highest BCUT2D eigenvalue weighted by molar-refractivity contribution is 7.00. The summed E-state index contributed by atoms with van der Waals surface area (Å²) in [5.74, 6) is 0. The number of benzene rings is 8. The Hall–Kier alpha value is -6.78. The van der Waals surface area contributed by atoms with E-state index in [1.807, 2.05) is 0 Å². The van der Waals surface area contributed by atoms with Crippen LogP contribution in [-0.2, 0) is 37.9 Å². The molecule has 0 fully saturated rings. The topological polar surface area (TPSA) is 9.72 Å². The van der Waals surface area contributed by atoms with Gasteiger partial charge in [0.15, 0.2) is 0 Å². The molecule has 404 valence electrons. The third-order valence-electron chi connectivity index (χ3n) is 17.8. The van der Waals surface area contributed by atoms with E-state index in [2.05, 4.69) is 311 Å². The zero-order valence-electron chi connectivity index (χ0n) is 51.4. The molecule has 79 heavy (non-hydrogen) atoms. The fourth-order valence-electron chi connectivity index (χ4n) is 12.8. The first-order valence-electron chi connectivity index (χ1n) is 29.2. The number of fused-ring (bicyclic) bond motifs is 7. The Morgan fingerprint density at radius 1 is 0.342 bits per heavy atom. The van der Waals surface area contributed by atoms with Crippen molar-refractivity contribution in [2.45, 2.75) is 176 Å². The number of anilines is 9. The minimum atomic E-state index is -0.295. The molecule has 0 bridgehead atoms. The maximum atomic E-state index is 2.72. The van der Waals surface area contributed by atoms with Crippen molar-refractivity contribution in [2.75, 3.05) is 14.7 Å². The molecule has 8 aromatic rings. The van der Waals surface area contributed by atoms with E-state index in [0.29, 0.717) is 0 Å². The summed E-state index contributed by atoms with van der Waals surface area (Å²) in [6.45, 7) is 47.0. The van der Waals surface area contributed by atoms with E-state index in [-0.39, 0.29) is 44.6 Å². The van der Waals surface area contributed by atoms with E-state index in [9.17, 15) is 0 Å². The van der Waals surface area contributed by atoms with Crippen LogP contribution in [0.15, 0.2) is 158 Å². The zero-order valence-corrected chi connectivity index (χ0v) is 51.4. The predicted molar refractivity (Wildman–Crippen MR) is 345 cm³/mol. The molecule has 11 rings (SSSR count). The van der Waals surface area contributed by atoms with E-state index in [0.717, 1.165) is 17.1 Å². The molecule has 0 atom stereocenters. The average Bonchev–Trinajstić information content (AvgIpc) is 3.63. The van der Waals surface area contributed by atoms with Gasteiger partial charge in [0.1, 0.15) is 0 Å². The molecule has 0 aromatic heterocycles. The number of rotatable bonds is 5. The van der Waals surface area contributed by atoms with Gasteiger partial charge in [-0.2, -0.15) is 0 Å². The quantitative estimate of drug-likeness (QED) is 0.159. The molecular formula is C75H86BN3. The van der Waals surface area contributed by atoms with Crippen molar-refractivity contribution in [3.8, 4) is 11.1 Å². The number of nitrogens with zero attached hydrogens (tertiary/aromatic N) is 3. The van der Waals surface area contributed by atoms with Crippen LogP contribution >= 0.6 is 0 Å². The van der Waals surface area contributed by atoms with Crippen LogP contribution in [0.3, 0.4) is 0 Å². The van der Waals surface area contributed by atoms with Crippen LogP contribution in [-0.4, -0.2) is 6.71 Å². The smallest absolute Gasteiger partial charge is 0.252 e. The molecule has 0 unspecified atom stereocenters. The fourth-order valence-corrected chi connectivity index (χ4v) is 12.8. The zero-order chi connectivity index (χ0) is 56.9. The minimum absolute atomic E-state index is 0.0155. The van der Waals surface area contributed by atoms with Gasteiger partial charge in [0.05, 0.1) is 5.69 Å². The Morgan fingerprint density at radius 2 is 0.747 bits per heavy atom. The molecule has 0 amide bonds. The van der Waals surface area contributed by atoms with Gasteiger partial charge in [-0.25, -0.2) is 0 Å². The van der Waals surface area contributed by atoms with Gasteiger partial charge in [-0.3, -0.25) is 0 Å². The van der Waals surface area contributed by atoms with Crippen LogP contribution in [0.4, 0.5) is 51.2 Å². The summed E-state index contributed by atoms with van der Waals surface area (Å²) in [6, 6.07) is 62.5. The Labute approximate surface area is 476 Å². The van der Waals surface area contributed by atoms with Crippen LogP contribution in [0.2, 0.25) is 0 Å². The maximum absolute atomic E-state index is 2.72. The molecular weight excluding hydrogens is 954 g/mol. The largest absolute Gasteiger partial charge is 0.311 e. The first-order valence-corrected chi connectivity index (χ1v) is 29.2. The van der Waals surface area contributed by atoms with Gasteiger partial charge in [-0.15, -0.1) is 0 Å². The molecule has 3 nitrogen and oxygen atoms in total. The maximum Gasteiger partial charge on any atom is 0.252 e. The van der Waals surface area contributed by atoms with Gasteiger partial charge in [-0.1, -0.05) is 223 Å². The molecule has 1 aliphatic carbocycles. The van der Waals surface area contributed by atoms with E-state index < -0.39 is 0 Å². The molecule has 2 aliphatic heterocycles. The summed E-state index contributed by atoms with van der Waals surface area (Å²) in [4.78, 5) is 7.85. The molecule has 3 aliphatic rings. The highest BCUT2D eigenvalue weighted by Gasteiger charge is 2.47. The van der Waals surface area contributed by atoms with Crippen molar-refractivity contribution in [3.63, 3.8) is 0 Å². The summed E-state index contributed by atoms with van der Waals surface area (Å²) in [5.41, 5.74) is 27.5. The number of hydrogen-bond donors (Lipinski definition) is 0. The van der Waals surface area contributed by atoms with Crippen LogP contribution in [0.1, 0.15) is 183 Å². The highest BCUT2D eigenvalue weighted by atomic mass is 15.2. The molecule has 2 heterocycles. The molecule has 0 saturated heterocycles. The Balaban J connectivity index is 1.29. The second-order valence-electron chi connectivity index (χ2n) is 30.1. The Bertz CT molecular complexity index is 3620. The van der Waals surface area contributed by atoms with Gasteiger partial charge in [0.25, 0.3) is 6.71 Å². The molecule has 0 spiro atoms. The van der Waals surface area contributed by atoms with Crippen molar-refractivity contribution in [1.82, 2.24) is 0 Å². The average molecular weight is 1040 g/mol. The predicted octanol–water partition coefficient (Wildman–Crippen LogP) is 19.3. The highest BCUT2D eigenvalue weighted by Crippen LogP contribution is 2.58. The first kappa shape index (κ1) is 54.2. The molecule has 0 N–H and O–H groups in total. The van der Waals surface area contributed by atoms with Crippen LogP contribution in [0.5, 0.6) is 0 Å². The minimum Gasteiger partial charge on any atom is -0.311 e. The van der Waals surface area contributed by atoms with Gasteiger partial charge in [-0.05, 0) is 172 Å². The third-order valence-corrected chi connectivity index (χ3v) is 17.8. The summed E-state index contributed by atoms with van der Waals surface area (Å²) in [5, 5.41) is 0. The van der Waals surface area contributed by atoms with Crippen LogP contribution in [0.25, 0.3) is 11.1 Å². The first-order chi connectivity index (χ1) is 36.7. The third kappa shape index (κ3) is 9.24. The SMILES string of the molecule is CC(C)(C)c1ccc(N(c2ccc(C(C)(C)C)cc2)c2cc(N3c4ccc(C(C)(C)C)cc4B4c5cc(C(C)(C)C)ccc5N(c5ccc(C(C)(C)C)cc5)c5cc(C(C)(C)C)cc3c54)c3c(c2)C(C)(C)c2ccccc2-3)cc1. The van der Waals surface area contributed by atoms with E-state index in [1.54, 1.807) is 0 Å². The van der Waals surface area contributed by atoms with Crippen LogP contribution < -0.4 is 31.1 Å².